The number of benzene rings is 1. The number of imidazole rings is 1. The monoisotopic (exact) mass is 384 g/mol. The van der Waals surface area contributed by atoms with Crippen LogP contribution in [0, 0.1) is 0 Å². The van der Waals surface area contributed by atoms with Crippen molar-refractivity contribution < 1.29 is 19.0 Å². The van der Waals surface area contributed by atoms with Gasteiger partial charge in [-0.15, -0.1) is 0 Å². The quantitative estimate of drug-likeness (QED) is 0.671. The third-order valence-electron chi connectivity index (χ3n) is 5.07. The Labute approximate surface area is 162 Å². The van der Waals surface area contributed by atoms with Crippen LogP contribution in [0.3, 0.4) is 0 Å². The van der Waals surface area contributed by atoms with Gasteiger partial charge in [-0.3, -0.25) is 4.79 Å². The molecule has 2 aliphatic heterocycles. The summed E-state index contributed by atoms with van der Waals surface area (Å²) in [4.78, 5) is 21.7. The summed E-state index contributed by atoms with van der Waals surface area (Å²) in [5.74, 6) is 0.212. The Hall–Kier alpha value is -2.84. The molecule has 0 bridgehead atoms. The first-order valence-electron chi connectivity index (χ1n) is 9.32. The van der Waals surface area contributed by atoms with Crippen molar-refractivity contribution in [2.75, 3.05) is 33.5 Å². The highest BCUT2D eigenvalue weighted by atomic mass is 16.5. The summed E-state index contributed by atoms with van der Waals surface area (Å²) in [5, 5.41) is 0. The van der Waals surface area contributed by atoms with E-state index in [0.29, 0.717) is 31.2 Å². The van der Waals surface area contributed by atoms with Gasteiger partial charge < -0.3 is 29.8 Å². The van der Waals surface area contributed by atoms with Gasteiger partial charge in [-0.1, -0.05) is 6.07 Å². The maximum atomic E-state index is 12.2. The number of primary amides is 1. The van der Waals surface area contributed by atoms with E-state index in [-0.39, 0.29) is 12.1 Å². The lowest BCUT2D eigenvalue weighted by Crippen LogP contribution is -2.44. The molecule has 1 saturated heterocycles. The summed E-state index contributed by atoms with van der Waals surface area (Å²) >= 11 is 0. The fourth-order valence-electron chi connectivity index (χ4n) is 3.54. The molecule has 0 aliphatic carbocycles. The predicted octanol–water partition coefficient (Wildman–Crippen LogP) is 1.62. The van der Waals surface area contributed by atoms with Crippen molar-refractivity contribution in [1.82, 2.24) is 14.9 Å². The van der Waals surface area contributed by atoms with E-state index < -0.39 is 5.91 Å². The number of fused-ring (bicyclic) bond motifs is 1. The lowest BCUT2D eigenvalue weighted by molar-refractivity contribution is -0.116. The minimum atomic E-state index is -0.459. The van der Waals surface area contributed by atoms with Gasteiger partial charge in [0.25, 0.3) is 0 Å². The maximum absolute atomic E-state index is 12.2. The molecule has 4 rings (SSSR count). The molecule has 1 fully saturated rings. The van der Waals surface area contributed by atoms with Crippen LogP contribution in [0.5, 0.6) is 0 Å². The van der Waals surface area contributed by atoms with Crippen molar-refractivity contribution in [2.24, 2.45) is 5.73 Å². The molecule has 1 unspecified atom stereocenters. The zero-order valence-electron chi connectivity index (χ0n) is 15.8. The highest BCUT2D eigenvalue weighted by Gasteiger charge is 2.35. The first-order valence-corrected chi connectivity index (χ1v) is 9.32. The van der Waals surface area contributed by atoms with E-state index >= 15 is 0 Å². The number of ether oxygens (including phenoxy) is 3. The number of nitrogens with two attached hydrogens (primary N) is 1. The molecule has 1 amide bonds. The molecule has 1 aromatic carbocycles. The maximum Gasteiger partial charge on any atom is 0.247 e. The predicted molar refractivity (Wildman–Crippen MR) is 103 cm³/mol. The van der Waals surface area contributed by atoms with Crippen molar-refractivity contribution in [3.8, 4) is 0 Å². The molecule has 1 aromatic heterocycles. The van der Waals surface area contributed by atoms with E-state index in [9.17, 15) is 4.79 Å². The summed E-state index contributed by atoms with van der Waals surface area (Å²) in [7, 11) is 1.63. The van der Waals surface area contributed by atoms with Crippen LogP contribution in [0.25, 0.3) is 11.0 Å². The Kier molecular flexibility index (Phi) is 5.31. The molecule has 8 nitrogen and oxygen atoms in total. The highest BCUT2D eigenvalue weighted by molar-refractivity contribution is 5.94. The summed E-state index contributed by atoms with van der Waals surface area (Å²) in [6.07, 6.45) is 6.25. The molecule has 0 radical (unpaired) electrons. The van der Waals surface area contributed by atoms with Gasteiger partial charge in [0.2, 0.25) is 5.91 Å². The zero-order chi connectivity index (χ0) is 19.5. The number of carbonyl (C=O) groups is 1. The highest BCUT2D eigenvalue weighted by Crippen LogP contribution is 2.37. The third kappa shape index (κ3) is 3.61. The van der Waals surface area contributed by atoms with Crippen molar-refractivity contribution in [3.63, 3.8) is 0 Å². The Bertz CT molecular complexity index is 916. The summed E-state index contributed by atoms with van der Waals surface area (Å²) in [6, 6.07) is 5.54. The molecule has 0 saturated carbocycles. The number of carbonyl (C=O) groups excluding carboxylic acids is 1. The number of H-pyrrole nitrogens is 1. The van der Waals surface area contributed by atoms with E-state index in [2.05, 4.69) is 9.97 Å². The number of methoxy groups -OCH3 is 1. The largest absolute Gasteiger partial charge is 0.477 e. The van der Waals surface area contributed by atoms with E-state index in [0.717, 1.165) is 29.6 Å². The molecule has 3 heterocycles. The molecule has 8 heteroatoms. The van der Waals surface area contributed by atoms with Gasteiger partial charge in [-0.2, -0.15) is 0 Å². The lowest BCUT2D eigenvalue weighted by atomic mass is 9.93. The first kappa shape index (κ1) is 18.5. The number of amides is 1. The smallest absolute Gasteiger partial charge is 0.247 e. The second-order valence-corrected chi connectivity index (χ2v) is 6.85. The second kappa shape index (κ2) is 8.04. The Morgan fingerprint density at radius 1 is 1.39 bits per heavy atom. The van der Waals surface area contributed by atoms with Crippen LogP contribution in [-0.4, -0.2) is 60.4 Å². The Morgan fingerprint density at radius 3 is 2.96 bits per heavy atom. The van der Waals surface area contributed by atoms with Gasteiger partial charge in [0.1, 0.15) is 6.61 Å². The van der Waals surface area contributed by atoms with Crippen LogP contribution in [0.15, 0.2) is 48.1 Å². The minimum Gasteiger partial charge on any atom is -0.477 e. The molecule has 2 aromatic rings. The number of hydrogen-bond donors (Lipinski definition) is 2. The second-order valence-electron chi connectivity index (χ2n) is 6.85. The fraction of sp³-hybridized carbons (Fsp3) is 0.400. The number of allylic oxidation sites excluding steroid dienone is 2. The van der Waals surface area contributed by atoms with Crippen LogP contribution >= 0.6 is 0 Å². The van der Waals surface area contributed by atoms with E-state index in [4.69, 9.17) is 19.9 Å². The van der Waals surface area contributed by atoms with Gasteiger partial charge in [0.15, 0.2) is 5.88 Å². The third-order valence-corrected chi connectivity index (χ3v) is 5.07. The van der Waals surface area contributed by atoms with Crippen LogP contribution in [0.1, 0.15) is 18.0 Å². The van der Waals surface area contributed by atoms with Crippen LogP contribution in [0.4, 0.5) is 0 Å². The molecule has 148 valence electrons. The minimum absolute atomic E-state index is 0.0956. The number of aromatic amines is 1. The van der Waals surface area contributed by atoms with E-state index in [1.807, 2.05) is 23.1 Å². The summed E-state index contributed by atoms with van der Waals surface area (Å²) in [6.45, 7) is 2.24. The Morgan fingerprint density at radius 2 is 2.25 bits per heavy atom. The van der Waals surface area contributed by atoms with Crippen LogP contribution in [-0.2, 0) is 19.0 Å². The van der Waals surface area contributed by atoms with Gasteiger partial charge in [0.05, 0.1) is 36.1 Å². The van der Waals surface area contributed by atoms with Crippen molar-refractivity contribution in [1.29, 1.82) is 0 Å². The fourth-order valence-corrected chi connectivity index (χ4v) is 3.54. The zero-order valence-corrected chi connectivity index (χ0v) is 15.8. The van der Waals surface area contributed by atoms with Gasteiger partial charge in [0, 0.05) is 25.8 Å². The SMILES string of the molecule is COCCOC1=CC=C(C(N)=O)C(c2ccc3[nH]cnc3c2)N1C[C@@H]1CCO1. The standard InChI is InChI=1S/C20H24N4O4/c1-26-8-9-28-18-5-3-15(20(21)25)19(24(18)11-14-6-7-27-14)13-2-4-16-17(10-13)23-12-22-16/h2-5,10,12,14,19H,6-9,11H2,1H3,(H2,21,25)(H,22,23)/t14-,19?/m0/s1. The van der Waals surface area contributed by atoms with Crippen molar-refractivity contribution in [3.05, 3.63) is 53.7 Å². The van der Waals surface area contributed by atoms with Crippen LogP contribution < -0.4 is 5.73 Å². The van der Waals surface area contributed by atoms with E-state index in [1.165, 1.54) is 0 Å². The average Bonchev–Trinajstić information content (AvgIpc) is 3.12. The molecular weight excluding hydrogens is 360 g/mol. The summed E-state index contributed by atoms with van der Waals surface area (Å²) in [5.41, 5.74) is 8.91. The van der Waals surface area contributed by atoms with Gasteiger partial charge in [-0.05, 0) is 36.3 Å². The molecular formula is C20H24N4O4. The Balaban J connectivity index is 1.71. The van der Waals surface area contributed by atoms with Gasteiger partial charge >= 0.3 is 0 Å². The van der Waals surface area contributed by atoms with E-state index in [1.54, 1.807) is 25.6 Å². The molecule has 2 atom stereocenters. The topological polar surface area (TPSA) is 103 Å². The van der Waals surface area contributed by atoms with Crippen molar-refractivity contribution >= 4 is 16.9 Å². The van der Waals surface area contributed by atoms with Crippen molar-refractivity contribution in [2.45, 2.75) is 18.6 Å². The average molecular weight is 384 g/mol. The molecule has 0 spiro atoms. The van der Waals surface area contributed by atoms with Crippen LogP contribution in [0.2, 0.25) is 0 Å². The van der Waals surface area contributed by atoms with Gasteiger partial charge in [-0.25, -0.2) is 4.98 Å². The summed E-state index contributed by atoms with van der Waals surface area (Å²) < 4.78 is 16.7. The first-order chi connectivity index (χ1) is 13.7. The molecule has 2 aliphatic rings. The number of aromatic nitrogens is 2. The normalized spacial score (nSPS) is 21.8. The molecule has 3 N–H and O–H groups in total. The number of rotatable bonds is 8. The number of nitrogens with one attached hydrogen (secondary N) is 1. The number of nitrogens with zero attached hydrogens (tertiary/aromatic N) is 2. The molecule has 28 heavy (non-hydrogen) atoms. The lowest BCUT2D eigenvalue weighted by Gasteiger charge is -2.41. The number of hydrogen-bond acceptors (Lipinski definition) is 6.